The molecular formula is C29H41N3O4S. The van der Waals surface area contributed by atoms with Crippen molar-refractivity contribution in [3.05, 3.63) is 58.1 Å². The molecule has 7 nitrogen and oxygen atoms in total. The number of fused-ring (bicyclic) bond motifs is 1. The molecule has 1 unspecified atom stereocenters. The highest BCUT2D eigenvalue weighted by Crippen LogP contribution is 2.28. The van der Waals surface area contributed by atoms with Crippen LogP contribution in [0, 0.1) is 13.8 Å². The fourth-order valence-corrected chi connectivity index (χ4v) is 7.37. The highest BCUT2D eigenvalue weighted by atomic mass is 32.2. The van der Waals surface area contributed by atoms with E-state index in [1.54, 1.807) is 40.1 Å². The molecule has 1 fully saturated rings. The summed E-state index contributed by atoms with van der Waals surface area (Å²) in [7, 11) is 1.61. The average molecular weight is 528 g/mol. The lowest BCUT2D eigenvalue weighted by Gasteiger charge is -2.40. The largest absolute Gasteiger partial charge is 0.497 e. The van der Waals surface area contributed by atoms with Gasteiger partial charge in [0.05, 0.1) is 12.0 Å². The SMILES string of the molecule is COc1cc(C)c(S(=O)(=O)N(C)CCC(=O)Cc2ccc3c(c2)CCN(C2CCCN(C)C2)C3)c(C)c1. The molecule has 2 aromatic rings. The number of rotatable bonds is 9. The number of likely N-dealkylation sites (tertiary alicyclic amines) is 1. The summed E-state index contributed by atoms with van der Waals surface area (Å²) >= 11 is 0. The van der Waals surface area contributed by atoms with Crippen LogP contribution in [0.25, 0.3) is 0 Å². The Bertz CT molecular complexity index is 1220. The van der Waals surface area contributed by atoms with Crippen molar-refractivity contribution >= 4 is 15.8 Å². The molecule has 8 heteroatoms. The van der Waals surface area contributed by atoms with Gasteiger partial charge in [-0.25, -0.2) is 12.7 Å². The van der Waals surface area contributed by atoms with Gasteiger partial charge in [-0.05, 0) is 86.7 Å². The van der Waals surface area contributed by atoms with Crippen LogP contribution in [0.1, 0.15) is 47.1 Å². The molecule has 0 N–H and O–H groups in total. The molecule has 0 aliphatic carbocycles. The number of ether oxygens (including phenoxy) is 1. The summed E-state index contributed by atoms with van der Waals surface area (Å²) in [5.74, 6) is 0.680. The second kappa shape index (κ2) is 11.6. The van der Waals surface area contributed by atoms with Crippen LogP contribution in [0.15, 0.2) is 35.2 Å². The first-order valence-electron chi connectivity index (χ1n) is 13.2. The Morgan fingerprint density at radius 1 is 1.11 bits per heavy atom. The fourth-order valence-electron chi connectivity index (χ4n) is 5.80. The monoisotopic (exact) mass is 527 g/mol. The number of Topliss-reactive ketones (excluding diaryl/α,β-unsaturated/α-hetero) is 1. The maximum atomic E-state index is 13.2. The molecule has 2 aromatic carbocycles. The molecular weight excluding hydrogens is 486 g/mol. The summed E-state index contributed by atoms with van der Waals surface area (Å²) < 4.78 is 33.0. The summed E-state index contributed by atoms with van der Waals surface area (Å²) in [6, 6.07) is 10.5. The van der Waals surface area contributed by atoms with Crippen LogP contribution in [0.5, 0.6) is 5.75 Å². The predicted octanol–water partition coefficient (Wildman–Crippen LogP) is 3.59. The van der Waals surface area contributed by atoms with Crippen molar-refractivity contribution in [2.75, 3.05) is 47.4 Å². The van der Waals surface area contributed by atoms with E-state index in [4.69, 9.17) is 4.74 Å². The average Bonchev–Trinajstić information content (AvgIpc) is 2.86. The van der Waals surface area contributed by atoms with Gasteiger partial charge in [-0.2, -0.15) is 0 Å². The first-order valence-corrected chi connectivity index (χ1v) is 14.7. The van der Waals surface area contributed by atoms with Gasteiger partial charge in [-0.15, -0.1) is 0 Å². The molecule has 0 aromatic heterocycles. The Kier molecular flexibility index (Phi) is 8.74. The van der Waals surface area contributed by atoms with Crippen LogP contribution in [0.2, 0.25) is 0 Å². The Labute approximate surface area is 222 Å². The fraction of sp³-hybridized carbons (Fsp3) is 0.552. The van der Waals surface area contributed by atoms with Crippen LogP contribution >= 0.6 is 0 Å². The molecule has 0 amide bonds. The molecule has 1 saturated heterocycles. The molecule has 0 spiro atoms. The minimum Gasteiger partial charge on any atom is -0.497 e. The zero-order valence-corrected chi connectivity index (χ0v) is 23.7. The van der Waals surface area contributed by atoms with E-state index >= 15 is 0 Å². The van der Waals surface area contributed by atoms with Crippen LogP contribution in [-0.2, 0) is 34.2 Å². The Morgan fingerprint density at radius 2 is 1.84 bits per heavy atom. The summed E-state index contributed by atoms with van der Waals surface area (Å²) in [5.41, 5.74) is 5.00. The van der Waals surface area contributed by atoms with E-state index in [0.29, 0.717) is 29.3 Å². The predicted molar refractivity (Wildman–Crippen MR) is 147 cm³/mol. The van der Waals surface area contributed by atoms with Gasteiger partial charge in [0.25, 0.3) is 0 Å². The molecule has 0 bridgehead atoms. The van der Waals surface area contributed by atoms with E-state index in [9.17, 15) is 13.2 Å². The molecule has 37 heavy (non-hydrogen) atoms. The van der Waals surface area contributed by atoms with Gasteiger partial charge in [0.1, 0.15) is 11.5 Å². The minimum atomic E-state index is -3.71. The number of sulfonamides is 1. The third-order valence-corrected chi connectivity index (χ3v) is 10.0. The van der Waals surface area contributed by atoms with Crippen LogP contribution < -0.4 is 4.74 Å². The number of methoxy groups -OCH3 is 1. The third-order valence-electron chi connectivity index (χ3n) is 7.87. The van der Waals surface area contributed by atoms with Gasteiger partial charge in [0.2, 0.25) is 10.0 Å². The smallest absolute Gasteiger partial charge is 0.243 e. The van der Waals surface area contributed by atoms with Crippen molar-refractivity contribution in [1.82, 2.24) is 14.1 Å². The Hall–Kier alpha value is -2.26. The first-order chi connectivity index (χ1) is 17.6. The van der Waals surface area contributed by atoms with Crippen molar-refractivity contribution in [2.45, 2.75) is 63.4 Å². The second-order valence-electron chi connectivity index (χ2n) is 10.8. The molecule has 202 valence electrons. The van der Waals surface area contributed by atoms with E-state index in [1.165, 1.54) is 34.8 Å². The number of likely N-dealkylation sites (N-methyl/N-ethyl adjacent to an activating group) is 1. The maximum Gasteiger partial charge on any atom is 0.243 e. The quantitative estimate of drug-likeness (QED) is 0.497. The topological polar surface area (TPSA) is 70.2 Å². The van der Waals surface area contributed by atoms with Gasteiger partial charge in [0, 0.05) is 52.1 Å². The lowest BCUT2D eigenvalue weighted by atomic mass is 9.93. The minimum absolute atomic E-state index is 0.0489. The third kappa shape index (κ3) is 6.42. The van der Waals surface area contributed by atoms with Gasteiger partial charge in [0.15, 0.2) is 0 Å². The van der Waals surface area contributed by atoms with E-state index in [-0.39, 0.29) is 23.6 Å². The number of hydrogen-bond acceptors (Lipinski definition) is 6. The molecule has 0 radical (unpaired) electrons. The van der Waals surface area contributed by atoms with Gasteiger partial charge < -0.3 is 9.64 Å². The molecule has 0 saturated carbocycles. The van der Waals surface area contributed by atoms with E-state index < -0.39 is 10.0 Å². The molecule has 1 atom stereocenters. The highest BCUT2D eigenvalue weighted by molar-refractivity contribution is 7.89. The number of aryl methyl sites for hydroxylation is 2. The zero-order chi connectivity index (χ0) is 26.7. The number of carbonyl (C=O) groups is 1. The van der Waals surface area contributed by atoms with Gasteiger partial charge >= 0.3 is 0 Å². The summed E-state index contributed by atoms with van der Waals surface area (Å²) in [4.78, 5) is 18.1. The van der Waals surface area contributed by atoms with E-state index in [1.807, 2.05) is 0 Å². The summed E-state index contributed by atoms with van der Waals surface area (Å²) in [6.07, 6.45) is 4.07. The van der Waals surface area contributed by atoms with Crippen molar-refractivity contribution in [3.8, 4) is 5.75 Å². The standard InChI is InChI=1S/C29H41N3O4S/c1-21-15-28(36-5)16-22(2)29(21)37(34,35)31(4)13-11-27(33)18-23-8-9-25-19-32(14-10-24(25)17-23)26-7-6-12-30(3)20-26/h8-9,15-17,26H,6-7,10-14,18-20H2,1-5H3. The Morgan fingerprint density at radius 3 is 2.51 bits per heavy atom. The number of piperidine rings is 1. The first kappa shape index (κ1) is 27.8. The normalized spacial score (nSPS) is 19.1. The highest BCUT2D eigenvalue weighted by Gasteiger charge is 2.28. The lowest BCUT2D eigenvalue weighted by molar-refractivity contribution is -0.118. The molecule has 2 aliphatic rings. The zero-order valence-electron chi connectivity index (χ0n) is 22.9. The van der Waals surface area contributed by atoms with Gasteiger partial charge in [-0.1, -0.05) is 18.2 Å². The van der Waals surface area contributed by atoms with Crippen molar-refractivity contribution in [1.29, 1.82) is 0 Å². The number of carbonyl (C=O) groups excluding carboxylic acids is 1. The Balaban J connectivity index is 1.34. The molecule has 2 heterocycles. The van der Waals surface area contributed by atoms with Crippen LogP contribution in [-0.4, -0.2) is 81.7 Å². The maximum absolute atomic E-state index is 13.2. The lowest BCUT2D eigenvalue weighted by Crippen LogP contribution is -2.48. The van der Waals surface area contributed by atoms with Crippen LogP contribution in [0.4, 0.5) is 0 Å². The molecule has 4 rings (SSSR count). The van der Waals surface area contributed by atoms with Crippen molar-refractivity contribution in [2.24, 2.45) is 0 Å². The second-order valence-corrected chi connectivity index (χ2v) is 12.7. The van der Waals surface area contributed by atoms with Crippen LogP contribution in [0.3, 0.4) is 0 Å². The van der Waals surface area contributed by atoms with E-state index in [0.717, 1.165) is 31.6 Å². The number of nitrogens with zero attached hydrogens (tertiary/aromatic N) is 3. The summed E-state index contributed by atoms with van der Waals surface area (Å²) in [6.45, 7) is 8.07. The van der Waals surface area contributed by atoms with Gasteiger partial charge in [-0.3, -0.25) is 9.69 Å². The number of ketones is 1. The summed E-state index contributed by atoms with van der Waals surface area (Å²) in [5, 5.41) is 0. The number of hydrogen-bond donors (Lipinski definition) is 0. The number of benzene rings is 2. The molecule has 2 aliphatic heterocycles. The van der Waals surface area contributed by atoms with E-state index in [2.05, 4.69) is 35.0 Å². The van der Waals surface area contributed by atoms with Crippen molar-refractivity contribution < 1.29 is 17.9 Å². The van der Waals surface area contributed by atoms with Crippen molar-refractivity contribution in [3.63, 3.8) is 0 Å².